The van der Waals surface area contributed by atoms with Crippen LogP contribution in [0.15, 0.2) is 218 Å². The quantitative estimate of drug-likeness (QED) is 0.101. The number of aromatic amines is 2. The molecule has 4 heteroatoms. The van der Waals surface area contributed by atoms with Crippen LogP contribution in [-0.4, -0.2) is 19.9 Å². The molecule has 2 aliphatic rings. The molecule has 0 saturated heterocycles. The van der Waals surface area contributed by atoms with Crippen molar-refractivity contribution >= 4 is 44.4 Å². The van der Waals surface area contributed by atoms with Gasteiger partial charge in [0.15, 0.2) is 0 Å². The molecular weight excluding hydrogens is 1160 g/mol. The van der Waals surface area contributed by atoms with Gasteiger partial charge in [-0.2, -0.15) is 0 Å². The summed E-state index contributed by atoms with van der Waals surface area (Å²) in [5, 5.41) is 0. The SMILES string of the molecule is CC(C)c1ccc(C2=C(c3ccc(C(C)C)cc3)c3cc4[nH]c(cc5nc(cc6[nH]c(cc2n3)c(-c2ccc(C(C)C)cc2)c6-c2ccc(C(C)C)cc2)C(c2ccc(C(C)C)cc2)=C5c2ccc(C(C)C)cc2)c(-c2ccc(C(C)C)cc2)c4-c2ccc(C(C)C)cc2)cc1. The molecule has 2 aliphatic heterocycles. The summed E-state index contributed by atoms with van der Waals surface area (Å²) >= 11 is 0. The number of nitrogens with zero attached hydrogens (tertiary/aromatic N) is 2. The van der Waals surface area contributed by atoms with Crippen molar-refractivity contribution < 1.29 is 0 Å². The molecule has 0 aliphatic carbocycles. The van der Waals surface area contributed by atoms with E-state index in [4.69, 9.17) is 9.97 Å². The average Bonchev–Trinajstić information content (AvgIpc) is 1.59. The first-order valence-electron chi connectivity index (χ1n) is 35.3. The van der Waals surface area contributed by atoms with Gasteiger partial charge in [0.05, 0.1) is 22.8 Å². The summed E-state index contributed by atoms with van der Waals surface area (Å²) in [6, 6.07) is 83.7. The Kier molecular flexibility index (Phi) is 18.2. The van der Waals surface area contributed by atoms with Crippen molar-refractivity contribution in [1.82, 2.24) is 19.9 Å². The summed E-state index contributed by atoms with van der Waals surface area (Å²) in [6.45, 7) is 36.4. The molecule has 96 heavy (non-hydrogen) atoms. The molecule has 0 spiro atoms. The Morgan fingerprint density at radius 2 is 0.323 bits per heavy atom. The number of hydrogen-bond acceptors (Lipinski definition) is 2. The maximum atomic E-state index is 6.06. The molecule has 0 unspecified atom stereocenters. The molecule has 8 aromatic carbocycles. The molecule has 0 atom stereocenters. The van der Waals surface area contributed by atoms with Gasteiger partial charge in [0.1, 0.15) is 0 Å². The lowest BCUT2D eigenvalue weighted by atomic mass is 9.89. The topological polar surface area (TPSA) is 57.4 Å². The Morgan fingerprint density at radius 1 is 0.188 bits per heavy atom. The van der Waals surface area contributed by atoms with Crippen LogP contribution in [0.2, 0.25) is 0 Å². The molecule has 13 rings (SSSR count). The fraction of sp³-hybridized carbons (Fsp3) is 0.261. The maximum absolute atomic E-state index is 6.06. The van der Waals surface area contributed by atoms with Crippen molar-refractivity contribution in [2.75, 3.05) is 0 Å². The number of H-pyrrole nitrogens is 2. The Labute approximate surface area is 571 Å². The molecule has 0 saturated carbocycles. The van der Waals surface area contributed by atoms with E-state index in [0.717, 1.165) is 134 Å². The van der Waals surface area contributed by atoms with Crippen LogP contribution in [0.4, 0.5) is 0 Å². The zero-order chi connectivity index (χ0) is 67.4. The number of rotatable bonds is 16. The van der Waals surface area contributed by atoms with Gasteiger partial charge in [-0.3, -0.25) is 0 Å². The van der Waals surface area contributed by atoms with Crippen molar-refractivity contribution in [2.45, 2.75) is 158 Å². The Hall–Kier alpha value is -9.64. The first-order valence-corrected chi connectivity index (χ1v) is 35.3. The van der Waals surface area contributed by atoms with Crippen molar-refractivity contribution in [3.8, 4) is 44.5 Å². The van der Waals surface area contributed by atoms with Gasteiger partial charge in [0, 0.05) is 66.6 Å². The van der Waals surface area contributed by atoms with Crippen LogP contribution in [0.25, 0.3) is 88.9 Å². The Morgan fingerprint density at radius 3 is 0.458 bits per heavy atom. The average molecular weight is 1260 g/mol. The van der Waals surface area contributed by atoms with Crippen LogP contribution in [0.5, 0.6) is 0 Å². The van der Waals surface area contributed by atoms with Crippen LogP contribution in [0, 0.1) is 0 Å². The van der Waals surface area contributed by atoms with Crippen molar-refractivity contribution in [3.05, 3.63) is 308 Å². The lowest BCUT2D eigenvalue weighted by molar-refractivity contribution is 0.866. The zero-order valence-corrected chi connectivity index (χ0v) is 59.3. The highest BCUT2D eigenvalue weighted by Gasteiger charge is 2.30. The van der Waals surface area contributed by atoms with Gasteiger partial charge in [-0.1, -0.05) is 305 Å². The molecule has 5 heterocycles. The lowest BCUT2D eigenvalue weighted by Gasteiger charge is -2.13. The minimum absolute atomic E-state index is 0.362. The Bertz CT molecular complexity index is 4260. The molecule has 0 fully saturated rings. The first kappa shape index (κ1) is 65.0. The van der Waals surface area contributed by atoms with Crippen LogP contribution >= 0.6 is 0 Å². The monoisotopic (exact) mass is 1250 g/mol. The normalized spacial score (nSPS) is 12.8. The van der Waals surface area contributed by atoms with Gasteiger partial charge in [-0.05, 0) is 161 Å². The van der Waals surface area contributed by atoms with Crippen LogP contribution in [0.1, 0.15) is 248 Å². The summed E-state index contributed by atoms with van der Waals surface area (Å²) in [7, 11) is 0. The van der Waals surface area contributed by atoms with Crippen LogP contribution < -0.4 is 0 Å². The van der Waals surface area contributed by atoms with Crippen molar-refractivity contribution in [1.29, 1.82) is 0 Å². The molecular formula is C92H94N4. The Balaban J connectivity index is 1.28. The fourth-order valence-electron chi connectivity index (χ4n) is 14.1. The van der Waals surface area contributed by atoms with Crippen LogP contribution in [0.3, 0.4) is 0 Å². The second-order valence-electron chi connectivity index (χ2n) is 29.5. The minimum atomic E-state index is 0.362. The van der Waals surface area contributed by atoms with E-state index in [2.05, 4.69) is 339 Å². The number of fused-ring (bicyclic) bond motifs is 8. The smallest absolute Gasteiger partial charge is 0.0743 e. The number of benzene rings is 8. The van der Waals surface area contributed by atoms with E-state index in [1.54, 1.807) is 0 Å². The van der Waals surface area contributed by atoms with E-state index in [1.165, 1.54) is 44.5 Å². The highest BCUT2D eigenvalue weighted by molar-refractivity contribution is 6.12. The van der Waals surface area contributed by atoms with E-state index in [9.17, 15) is 0 Å². The summed E-state index contributed by atoms with van der Waals surface area (Å²) in [5.41, 5.74) is 35.4. The highest BCUT2D eigenvalue weighted by atomic mass is 14.8. The zero-order valence-electron chi connectivity index (χ0n) is 59.3. The van der Waals surface area contributed by atoms with Gasteiger partial charge in [-0.15, -0.1) is 0 Å². The van der Waals surface area contributed by atoms with Crippen LogP contribution in [-0.2, 0) is 0 Å². The highest BCUT2D eigenvalue weighted by Crippen LogP contribution is 2.49. The van der Waals surface area contributed by atoms with Crippen molar-refractivity contribution in [2.24, 2.45) is 0 Å². The molecule has 11 aromatic rings. The molecule has 2 N–H and O–H groups in total. The summed E-state index contributed by atoms with van der Waals surface area (Å²) in [6.07, 6.45) is 0. The van der Waals surface area contributed by atoms with Gasteiger partial charge in [-0.25, -0.2) is 9.97 Å². The maximum Gasteiger partial charge on any atom is 0.0743 e. The van der Waals surface area contributed by atoms with E-state index >= 15 is 0 Å². The third-order valence-corrected chi connectivity index (χ3v) is 20.2. The number of aromatic nitrogens is 4. The van der Waals surface area contributed by atoms with E-state index in [1.807, 2.05) is 0 Å². The van der Waals surface area contributed by atoms with Gasteiger partial charge in [0.2, 0.25) is 0 Å². The minimum Gasteiger partial charge on any atom is -0.354 e. The number of hydrogen-bond donors (Lipinski definition) is 2. The van der Waals surface area contributed by atoms with E-state index in [-0.39, 0.29) is 0 Å². The second-order valence-corrected chi connectivity index (χ2v) is 29.5. The van der Waals surface area contributed by atoms with Crippen molar-refractivity contribution in [3.63, 3.8) is 0 Å². The van der Waals surface area contributed by atoms with E-state index in [0.29, 0.717) is 47.3 Å². The standard InChI is InChI=1S/C92H94N4/c1-53(2)61-17-33-69(34-18-61)85-77-49-79-87(71-37-21-63(22-38-71)55(5)6)89(73-41-25-65(26-42-73)57(9)10)81(94-79)51-83-91(75-45-29-67(30-46-75)59(13)14)92(76-47-31-68(32-48-76)60(15)16)84(96-83)52-82-90(74-43-27-66(28-44-74)58(11)12)88(72-39-23-64(24-40-72)56(7)8)80(95-82)50-78(93-77)86(85)70-35-19-62(20-36-70)54(3)4/h17-60,93,96H,1-16H3. The largest absolute Gasteiger partial charge is 0.354 e. The fourth-order valence-corrected chi connectivity index (χ4v) is 14.1. The molecule has 0 radical (unpaired) electrons. The molecule has 3 aromatic heterocycles. The molecule has 0 amide bonds. The summed E-state index contributed by atoms with van der Waals surface area (Å²) in [4.78, 5) is 20.6. The summed E-state index contributed by atoms with van der Waals surface area (Å²) < 4.78 is 0. The van der Waals surface area contributed by atoms with Gasteiger partial charge < -0.3 is 9.97 Å². The third kappa shape index (κ3) is 12.8. The predicted molar refractivity (Wildman–Crippen MR) is 411 cm³/mol. The molecule has 8 bridgehead atoms. The second kappa shape index (κ2) is 26.9. The molecule has 4 nitrogen and oxygen atoms in total. The first-order chi connectivity index (χ1) is 46.2. The van der Waals surface area contributed by atoms with Gasteiger partial charge in [0.25, 0.3) is 0 Å². The lowest BCUT2D eigenvalue weighted by Crippen LogP contribution is -1.94. The van der Waals surface area contributed by atoms with E-state index < -0.39 is 0 Å². The van der Waals surface area contributed by atoms with Gasteiger partial charge >= 0.3 is 0 Å². The predicted octanol–water partition coefficient (Wildman–Crippen LogP) is 26.0. The molecule has 482 valence electrons. The third-order valence-electron chi connectivity index (χ3n) is 20.2. The summed E-state index contributed by atoms with van der Waals surface area (Å²) in [5.74, 6) is 2.90. The number of nitrogens with one attached hydrogen (secondary N) is 2.